The fraction of sp³-hybridized carbons (Fsp3) is 0.333. The summed E-state index contributed by atoms with van der Waals surface area (Å²) in [5, 5.41) is 4.96. The summed E-state index contributed by atoms with van der Waals surface area (Å²) >= 11 is 6.38. The van der Waals surface area contributed by atoms with E-state index in [0.717, 1.165) is 19.1 Å². The number of hydrogen-bond acceptors (Lipinski definition) is 5. The Morgan fingerprint density at radius 3 is 2.60 bits per heavy atom. The summed E-state index contributed by atoms with van der Waals surface area (Å²) in [4.78, 5) is 3.19. The summed E-state index contributed by atoms with van der Waals surface area (Å²) in [7, 11) is -1.61. The molecule has 0 amide bonds. The lowest BCUT2D eigenvalue weighted by Crippen LogP contribution is -2.23. The first-order valence-corrected chi connectivity index (χ1v) is 9.86. The highest BCUT2D eigenvalue weighted by molar-refractivity contribution is 9.10. The zero-order valence-electron chi connectivity index (χ0n) is 11.1. The van der Waals surface area contributed by atoms with Crippen LogP contribution in [0.1, 0.15) is 14.6 Å². The number of nitrogens with one attached hydrogen (secondary N) is 2. The molecule has 4 nitrogen and oxygen atoms in total. The average Bonchev–Trinajstić information content (AvgIpc) is 2.94. The predicted octanol–water partition coefficient (Wildman–Crippen LogP) is 3.08. The predicted molar refractivity (Wildman–Crippen MR) is 87.9 cm³/mol. The van der Waals surface area contributed by atoms with Crippen LogP contribution in [0.2, 0.25) is 0 Å². The Labute approximate surface area is 135 Å². The molecule has 0 aliphatic rings. The van der Waals surface area contributed by atoms with Gasteiger partial charge in [-0.15, -0.1) is 22.7 Å². The van der Waals surface area contributed by atoms with Crippen molar-refractivity contribution < 1.29 is 8.42 Å². The van der Waals surface area contributed by atoms with Crippen molar-refractivity contribution in [1.29, 1.82) is 0 Å². The summed E-state index contributed by atoms with van der Waals surface area (Å²) in [6, 6.07) is 3.66. The number of thiophene rings is 2. The molecule has 0 radical (unpaired) electrons. The van der Waals surface area contributed by atoms with E-state index in [2.05, 4.69) is 26.0 Å². The van der Waals surface area contributed by atoms with Crippen LogP contribution in [-0.4, -0.2) is 15.5 Å². The maximum Gasteiger partial charge on any atom is 0.242 e. The number of hydrogen-bond donors (Lipinski definition) is 2. The molecule has 2 heterocycles. The van der Waals surface area contributed by atoms with Crippen LogP contribution in [-0.2, 0) is 23.1 Å². The van der Waals surface area contributed by atoms with Crippen molar-refractivity contribution in [2.45, 2.75) is 24.9 Å². The molecular formula is C12H15BrN2O2S3. The van der Waals surface area contributed by atoms with Gasteiger partial charge in [-0.05, 0) is 42.0 Å². The Bertz CT molecular complexity index is 691. The van der Waals surface area contributed by atoms with Gasteiger partial charge in [0.05, 0.1) is 4.90 Å². The minimum atomic E-state index is -3.45. The monoisotopic (exact) mass is 394 g/mol. The van der Waals surface area contributed by atoms with E-state index in [-0.39, 0.29) is 0 Å². The van der Waals surface area contributed by atoms with Crippen LogP contribution in [0.3, 0.4) is 0 Å². The minimum Gasteiger partial charge on any atom is -0.315 e. The van der Waals surface area contributed by atoms with Gasteiger partial charge in [0.15, 0.2) is 0 Å². The zero-order valence-corrected chi connectivity index (χ0v) is 15.1. The molecule has 0 bridgehead atoms. The molecule has 0 saturated heterocycles. The maximum atomic E-state index is 12.3. The molecule has 0 unspecified atom stereocenters. The fourth-order valence-corrected chi connectivity index (χ4v) is 5.88. The first kappa shape index (κ1) is 16.1. The summed E-state index contributed by atoms with van der Waals surface area (Å²) in [6.45, 7) is 2.83. The molecule has 2 rings (SSSR count). The Morgan fingerprint density at radius 1 is 1.25 bits per heavy atom. The lowest BCUT2D eigenvalue weighted by atomic mass is 10.4. The molecule has 8 heteroatoms. The van der Waals surface area contributed by atoms with E-state index < -0.39 is 10.0 Å². The van der Waals surface area contributed by atoms with Gasteiger partial charge in [-0.2, -0.15) is 0 Å². The highest BCUT2D eigenvalue weighted by Gasteiger charge is 2.19. The molecule has 0 saturated carbocycles. The van der Waals surface area contributed by atoms with Crippen LogP contribution in [0.4, 0.5) is 0 Å². The van der Waals surface area contributed by atoms with Gasteiger partial charge < -0.3 is 5.32 Å². The van der Waals surface area contributed by atoms with Crippen LogP contribution in [0.5, 0.6) is 0 Å². The van der Waals surface area contributed by atoms with Gasteiger partial charge in [0.25, 0.3) is 0 Å². The SMILES string of the molecule is CNCc1cc(S(=O)(=O)NCc2cc(Br)cs2)c(C)s1. The van der Waals surface area contributed by atoms with Crippen molar-refractivity contribution >= 4 is 48.6 Å². The van der Waals surface area contributed by atoms with Crippen molar-refractivity contribution in [3.05, 3.63) is 36.6 Å². The lowest BCUT2D eigenvalue weighted by molar-refractivity contribution is 0.581. The van der Waals surface area contributed by atoms with E-state index in [0.29, 0.717) is 18.0 Å². The Balaban J connectivity index is 2.13. The van der Waals surface area contributed by atoms with Gasteiger partial charge >= 0.3 is 0 Å². The van der Waals surface area contributed by atoms with Crippen LogP contribution in [0, 0.1) is 6.92 Å². The minimum absolute atomic E-state index is 0.315. The van der Waals surface area contributed by atoms with Crippen molar-refractivity contribution in [2.75, 3.05) is 7.05 Å². The third-order valence-electron chi connectivity index (χ3n) is 2.62. The quantitative estimate of drug-likeness (QED) is 0.791. The second-order valence-corrected chi connectivity index (χ2v) is 9.21. The van der Waals surface area contributed by atoms with Crippen LogP contribution >= 0.6 is 38.6 Å². The number of aryl methyl sites for hydroxylation is 1. The highest BCUT2D eigenvalue weighted by Crippen LogP contribution is 2.26. The van der Waals surface area contributed by atoms with E-state index >= 15 is 0 Å². The topological polar surface area (TPSA) is 58.2 Å². The third-order valence-corrected chi connectivity index (χ3v) is 7.03. The molecule has 0 spiro atoms. The van der Waals surface area contributed by atoms with Gasteiger partial charge in [0.1, 0.15) is 0 Å². The van der Waals surface area contributed by atoms with E-state index in [1.807, 2.05) is 25.4 Å². The standard InChI is InChI=1S/C12H15BrN2O2S3/c1-8-12(4-11(19-8)5-14-2)20(16,17)15-6-10-3-9(13)7-18-10/h3-4,7,14-15H,5-6H2,1-2H3. The summed E-state index contributed by atoms with van der Waals surface area (Å²) < 4.78 is 28.3. The molecule has 0 aliphatic carbocycles. The highest BCUT2D eigenvalue weighted by atomic mass is 79.9. The summed E-state index contributed by atoms with van der Waals surface area (Å²) in [5.41, 5.74) is 0. The number of rotatable bonds is 6. The fourth-order valence-electron chi connectivity index (χ4n) is 1.74. The summed E-state index contributed by atoms with van der Waals surface area (Å²) in [6.07, 6.45) is 0. The van der Waals surface area contributed by atoms with E-state index in [1.54, 1.807) is 6.07 Å². The zero-order chi connectivity index (χ0) is 14.8. The van der Waals surface area contributed by atoms with E-state index in [9.17, 15) is 8.42 Å². The van der Waals surface area contributed by atoms with Crippen molar-refractivity contribution in [3.63, 3.8) is 0 Å². The molecule has 0 atom stereocenters. The Kier molecular flexibility index (Phi) is 5.38. The molecule has 20 heavy (non-hydrogen) atoms. The molecule has 2 N–H and O–H groups in total. The molecule has 0 aliphatic heterocycles. The molecule has 0 fully saturated rings. The van der Waals surface area contributed by atoms with E-state index in [1.165, 1.54) is 22.7 Å². The van der Waals surface area contributed by atoms with Gasteiger partial charge in [0.2, 0.25) is 10.0 Å². The number of sulfonamides is 1. The van der Waals surface area contributed by atoms with Gasteiger partial charge in [-0.25, -0.2) is 13.1 Å². The third kappa shape index (κ3) is 3.90. The van der Waals surface area contributed by atoms with Gasteiger partial charge in [-0.3, -0.25) is 0 Å². The smallest absolute Gasteiger partial charge is 0.242 e. The average molecular weight is 395 g/mol. The van der Waals surface area contributed by atoms with Gasteiger partial charge in [0, 0.05) is 37.6 Å². The van der Waals surface area contributed by atoms with Crippen LogP contribution < -0.4 is 10.0 Å². The van der Waals surface area contributed by atoms with Gasteiger partial charge in [-0.1, -0.05) is 0 Å². The first-order chi connectivity index (χ1) is 9.42. The lowest BCUT2D eigenvalue weighted by Gasteiger charge is -2.04. The Hall–Kier alpha value is -0.250. The largest absolute Gasteiger partial charge is 0.315 e. The molecule has 2 aromatic heterocycles. The number of halogens is 1. The maximum absolute atomic E-state index is 12.3. The second kappa shape index (κ2) is 6.67. The van der Waals surface area contributed by atoms with Crippen LogP contribution in [0.25, 0.3) is 0 Å². The Morgan fingerprint density at radius 2 is 2.00 bits per heavy atom. The first-order valence-electron chi connectivity index (χ1n) is 5.89. The van der Waals surface area contributed by atoms with Crippen molar-refractivity contribution in [2.24, 2.45) is 0 Å². The van der Waals surface area contributed by atoms with Crippen molar-refractivity contribution in [1.82, 2.24) is 10.0 Å². The van der Waals surface area contributed by atoms with E-state index in [4.69, 9.17) is 0 Å². The van der Waals surface area contributed by atoms with Crippen LogP contribution in [0.15, 0.2) is 26.9 Å². The summed E-state index contributed by atoms with van der Waals surface area (Å²) in [5.74, 6) is 0. The molecule has 0 aromatic carbocycles. The molecular weight excluding hydrogens is 380 g/mol. The molecule has 110 valence electrons. The normalized spacial score (nSPS) is 11.9. The second-order valence-electron chi connectivity index (χ2n) is 4.22. The molecule has 2 aromatic rings. The van der Waals surface area contributed by atoms with Crippen molar-refractivity contribution in [3.8, 4) is 0 Å².